The van der Waals surface area contributed by atoms with Gasteiger partial charge < -0.3 is 15.8 Å². The summed E-state index contributed by atoms with van der Waals surface area (Å²) in [6, 6.07) is -0.671. The molecule has 1 amide bonds. The lowest BCUT2D eigenvalue weighted by Gasteiger charge is -2.21. The second-order valence-corrected chi connectivity index (χ2v) is 4.82. The number of hydrogen-bond acceptors (Lipinski definition) is 6. The number of amides is 1. The van der Waals surface area contributed by atoms with Crippen LogP contribution in [0.3, 0.4) is 0 Å². The van der Waals surface area contributed by atoms with E-state index in [0.717, 1.165) is 6.42 Å². The van der Waals surface area contributed by atoms with Gasteiger partial charge in [0.25, 0.3) is 5.91 Å². The van der Waals surface area contributed by atoms with Crippen LogP contribution in [-0.2, 0) is 9.53 Å². The molecule has 7 heteroatoms. The van der Waals surface area contributed by atoms with Gasteiger partial charge in [-0.2, -0.15) is 0 Å². The first-order chi connectivity index (χ1) is 8.49. The number of nitrogen functional groups attached to an aromatic ring is 1. The fourth-order valence-corrected chi connectivity index (χ4v) is 1.95. The van der Waals surface area contributed by atoms with Crippen LogP contribution in [0.4, 0.5) is 5.13 Å². The number of esters is 1. The molecule has 1 aromatic rings. The van der Waals surface area contributed by atoms with E-state index in [1.807, 2.05) is 13.8 Å². The molecule has 0 aromatic carbocycles. The van der Waals surface area contributed by atoms with Gasteiger partial charge in [-0.25, -0.2) is 9.78 Å². The molecule has 6 nitrogen and oxygen atoms in total. The molecule has 0 aliphatic carbocycles. The summed E-state index contributed by atoms with van der Waals surface area (Å²) in [6.45, 7) is 3.81. The van der Waals surface area contributed by atoms with Crippen molar-refractivity contribution in [1.82, 2.24) is 10.3 Å². The molecule has 0 saturated heterocycles. The summed E-state index contributed by atoms with van der Waals surface area (Å²) in [7, 11) is 1.30. The number of methoxy groups -OCH3 is 1. The van der Waals surface area contributed by atoms with Crippen LogP contribution in [-0.4, -0.2) is 30.0 Å². The van der Waals surface area contributed by atoms with Gasteiger partial charge in [-0.3, -0.25) is 4.79 Å². The number of carbonyl (C=O) groups is 2. The number of carbonyl (C=O) groups excluding carboxylic acids is 2. The minimum atomic E-state index is -0.671. The van der Waals surface area contributed by atoms with Crippen molar-refractivity contribution >= 4 is 28.3 Å². The third-order valence-electron chi connectivity index (χ3n) is 2.71. The van der Waals surface area contributed by atoms with Gasteiger partial charge >= 0.3 is 5.97 Å². The molecule has 100 valence electrons. The highest BCUT2D eigenvalue weighted by molar-refractivity contribution is 7.13. The van der Waals surface area contributed by atoms with Crippen molar-refractivity contribution in [1.29, 1.82) is 0 Å². The minimum Gasteiger partial charge on any atom is -0.467 e. The second kappa shape index (κ2) is 6.34. The van der Waals surface area contributed by atoms with Crippen LogP contribution in [0.5, 0.6) is 0 Å². The summed E-state index contributed by atoms with van der Waals surface area (Å²) in [5, 5.41) is 4.49. The van der Waals surface area contributed by atoms with Crippen molar-refractivity contribution in [3.63, 3.8) is 0 Å². The van der Waals surface area contributed by atoms with Crippen LogP contribution in [0.1, 0.15) is 30.8 Å². The Morgan fingerprint density at radius 2 is 2.28 bits per heavy atom. The van der Waals surface area contributed by atoms with E-state index in [0.29, 0.717) is 5.13 Å². The summed E-state index contributed by atoms with van der Waals surface area (Å²) < 4.78 is 4.68. The number of thiazole rings is 1. The molecule has 2 unspecified atom stereocenters. The summed E-state index contributed by atoms with van der Waals surface area (Å²) in [6.07, 6.45) is 0.749. The Morgan fingerprint density at radius 1 is 1.61 bits per heavy atom. The van der Waals surface area contributed by atoms with Gasteiger partial charge in [0.2, 0.25) is 0 Å². The highest BCUT2D eigenvalue weighted by Gasteiger charge is 2.27. The molecule has 0 spiro atoms. The first-order valence-electron chi connectivity index (χ1n) is 5.59. The van der Waals surface area contributed by atoms with Crippen LogP contribution in [0, 0.1) is 5.92 Å². The topological polar surface area (TPSA) is 94.3 Å². The Labute approximate surface area is 110 Å². The van der Waals surface area contributed by atoms with E-state index in [9.17, 15) is 9.59 Å². The maximum atomic E-state index is 11.9. The summed E-state index contributed by atoms with van der Waals surface area (Å²) in [5.74, 6) is -0.892. The van der Waals surface area contributed by atoms with Crippen molar-refractivity contribution < 1.29 is 14.3 Å². The Hall–Kier alpha value is -1.63. The van der Waals surface area contributed by atoms with Gasteiger partial charge in [0.1, 0.15) is 11.7 Å². The molecule has 2 atom stereocenters. The third kappa shape index (κ3) is 3.43. The van der Waals surface area contributed by atoms with Gasteiger partial charge in [-0.1, -0.05) is 20.3 Å². The number of rotatable bonds is 5. The second-order valence-electron chi connectivity index (χ2n) is 3.93. The predicted molar refractivity (Wildman–Crippen MR) is 69.3 cm³/mol. The normalized spacial score (nSPS) is 13.7. The Kier molecular flexibility index (Phi) is 5.08. The molecule has 18 heavy (non-hydrogen) atoms. The molecule has 1 heterocycles. The summed E-state index contributed by atoms with van der Waals surface area (Å²) in [5.41, 5.74) is 5.67. The quantitative estimate of drug-likeness (QED) is 0.780. The van der Waals surface area contributed by atoms with Gasteiger partial charge in [0.15, 0.2) is 5.13 Å². The molecular formula is C11H17N3O3S. The zero-order valence-corrected chi connectivity index (χ0v) is 11.4. The van der Waals surface area contributed by atoms with E-state index in [-0.39, 0.29) is 11.6 Å². The molecule has 0 saturated carbocycles. The van der Waals surface area contributed by atoms with Crippen LogP contribution < -0.4 is 11.1 Å². The van der Waals surface area contributed by atoms with Crippen molar-refractivity contribution in [2.75, 3.05) is 12.8 Å². The summed E-state index contributed by atoms with van der Waals surface area (Å²) in [4.78, 5) is 27.3. The van der Waals surface area contributed by atoms with Crippen LogP contribution in [0.25, 0.3) is 0 Å². The monoisotopic (exact) mass is 271 g/mol. The van der Waals surface area contributed by atoms with Gasteiger partial charge in [-0.15, -0.1) is 11.3 Å². The third-order valence-corrected chi connectivity index (χ3v) is 3.38. The Balaban J connectivity index is 2.77. The molecular weight excluding hydrogens is 254 g/mol. The van der Waals surface area contributed by atoms with Crippen molar-refractivity contribution in [2.24, 2.45) is 5.92 Å². The lowest BCUT2D eigenvalue weighted by molar-refractivity contribution is -0.144. The number of nitrogens with one attached hydrogen (secondary N) is 1. The highest BCUT2D eigenvalue weighted by atomic mass is 32.1. The van der Waals surface area contributed by atoms with Crippen LogP contribution in [0.15, 0.2) is 5.38 Å². The smallest absolute Gasteiger partial charge is 0.328 e. The van der Waals surface area contributed by atoms with Crippen molar-refractivity contribution in [2.45, 2.75) is 26.3 Å². The number of aromatic nitrogens is 1. The number of nitrogens with two attached hydrogens (primary N) is 1. The summed E-state index contributed by atoms with van der Waals surface area (Å²) >= 11 is 1.18. The lowest BCUT2D eigenvalue weighted by atomic mass is 9.99. The minimum absolute atomic E-state index is 0.0163. The van der Waals surface area contributed by atoms with E-state index in [2.05, 4.69) is 15.0 Å². The molecule has 0 aliphatic heterocycles. The fourth-order valence-electron chi connectivity index (χ4n) is 1.40. The first-order valence-corrected chi connectivity index (χ1v) is 6.47. The van der Waals surface area contributed by atoms with Gasteiger partial charge in [0, 0.05) is 5.38 Å². The predicted octanol–water partition coefficient (Wildman–Crippen LogP) is 1.04. The number of anilines is 1. The standard InChI is InChI=1S/C11H17N3O3S/c1-4-6(2)8(10(16)17-3)14-9(15)7-5-18-11(12)13-7/h5-6,8H,4H2,1-3H3,(H2,12,13)(H,14,15). The Morgan fingerprint density at radius 3 is 2.72 bits per heavy atom. The highest BCUT2D eigenvalue weighted by Crippen LogP contribution is 2.13. The zero-order chi connectivity index (χ0) is 13.7. The van der Waals surface area contributed by atoms with E-state index in [1.54, 1.807) is 5.38 Å². The maximum absolute atomic E-state index is 11.9. The van der Waals surface area contributed by atoms with Gasteiger partial charge in [0.05, 0.1) is 7.11 Å². The molecule has 0 fully saturated rings. The van der Waals surface area contributed by atoms with Crippen LogP contribution in [0.2, 0.25) is 0 Å². The maximum Gasteiger partial charge on any atom is 0.328 e. The molecule has 1 aromatic heterocycles. The molecule has 1 rings (SSSR count). The average Bonchev–Trinajstić information content (AvgIpc) is 2.80. The Bertz CT molecular complexity index is 433. The van der Waals surface area contributed by atoms with E-state index >= 15 is 0 Å². The van der Waals surface area contributed by atoms with E-state index in [4.69, 9.17) is 5.73 Å². The molecule has 3 N–H and O–H groups in total. The number of hydrogen-bond donors (Lipinski definition) is 2. The number of ether oxygens (including phenoxy) is 1. The SMILES string of the molecule is CCC(C)C(NC(=O)c1csc(N)n1)C(=O)OC. The zero-order valence-electron chi connectivity index (χ0n) is 10.6. The average molecular weight is 271 g/mol. The van der Waals surface area contributed by atoms with Crippen molar-refractivity contribution in [3.05, 3.63) is 11.1 Å². The van der Waals surface area contributed by atoms with Crippen LogP contribution >= 0.6 is 11.3 Å². The number of nitrogens with zero attached hydrogens (tertiary/aromatic N) is 1. The molecule has 0 radical (unpaired) electrons. The molecule has 0 bridgehead atoms. The van der Waals surface area contributed by atoms with Gasteiger partial charge in [-0.05, 0) is 5.92 Å². The first kappa shape index (κ1) is 14.4. The van der Waals surface area contributed by atoms with E-state index < -0.39 is 17.9 Å². The largest absolute Gasteiger partial charge is 0.467 e. The lowest BCUT2D eigenvalue weighted by Crippen LogP contribution is -2.45. The van der Waals surface area contributed by atoms with Crippen molar-refractivity contribution in [3.8, 4) is 0 Å². The van der Waals surface area contributed by atoms with E-state index in [1.165, 1.54) is 18.4 Å². The fraction of sp³-hybridized carbons (Fsp3) is 0.545. The molecule has 0 aliphatic rings.